The van der Waals surface area contributed by atoms with Gasteiger partial charge in [-0.15, -0.1) is 0 Å². The molecule has 21 heavy (non-hydrogen) atoms. The van der Waals surface area contributed by atoms with Gasteiger partial charge in [-0.1, -0.05) is 15.9 Å². The fourth-order valence-corrected chi connectivity index (χ4v) is 3.00. The van der Waals surface area contributed by atoms with Crippen LogP contribution in [0.3, 0.4) is 0 Å². The average Bonchev–Trinajstić information content (AvgIpc) is 2.47. The van der Waals surface area contributed by atoms with Crippen LogP contribution in [-0.4, -0.2) is 7.11 Å². The van der Waals surface area contributed by atoms with Crippen molar-refractivity contribution >= 4 is 15.9 Å². The van der Waals surface area contributed by atoms with E-state index >= 15 is 0 Å². The molecule has 1 aliphatic rings. The molecule has 0 bridgehead atoms. The van der Waals surface area contributed by atoms with Crippen molar-refractivity contribution in [3.05, 3.63) is 57.8 Å². The van der Waals surface area contributed by atoms with Crippen molar-refractivity contribution in [2.75, 3.05) is 7.11 Å². The number of methoxy groups -OCH3 is 1. The van der Waals surface area contributed by atoms with E-state index < -0.39 is 0 Å². The highest BCUT2D eigenvalue weighted by Gasteiger charge is 2.29. The zero-order valence-corrected chi connectivity index (χ0v) is 13.1. The quantitative estimate of drug-likeness (QED) is 0.884. The van der Waals surface area contributed by atoms with Gasteiger partial charge < -0.3 is 15.2 Å². The normalized spacial score (nSPS) is 20.6. The molecule has 0 fully saturated rings. The van der Waals surface area contributed by atoms with Gasteiger partial charge in [0.2, 0.25) is 0 Å². The molecule has 0 amide bonds. The predicted molar refractivity (Wildman–Crippen MR) is 82.0 cm³/mol. The molecule has 0 radical (unpaired) electrons. The minimum Gasteiger partial charge on any atom is -0.496 e. The van der Waals surface area contributed by atoms with Crippen LogP contribution in [-0.2, 0) is 0 Å². The lowest BCUT2D eigenvalue weighted by atomic mass is 9.93. The van der Waals surface area contributed by atoms with E-state index in [1.807, 2.05) is 18.2 Å². The lowest BCUT2D eigenvalue weighted by molar-refractivity contribution is 0.157. The molecule has 0 spiro atoms. The zero-order valence-electron chi connectivity index (χ0n) is 11.5. The van der Waals surface area contributed by atoms with Crippen LogP contribution in [0.2, 0.25) is 0 Å². The summed E-state index contributed by atoms with van der Waals surface area (Å²) in [6, 6.07) is 9.94. The second-order valence-corrected chi connectivity index (χ2v) is 5.93. The number of rotatable bonds is 2. The Labute approximate surface area is 131 Å². The number of benzene rings is 2. The molecule has 1 unspecified atom stereocenters. The maximum absolute atomic E-state index is 13.3. The second-order valence-electron chi connectivity index (χ2n) is 5.02. The Hall–Kier alpha value is -1.59. The smallest absolute Gasteiger partial charge is 0.129 e. The lowest BCUT2D eigenvalue weighted by Crippen LogP contribution is -2.24. The Bertz CT molecular complexity index is 677. The van der Waals surface area contributed by atoms with Gasteiger partial charge in [0.05, 0.1) is 7.11 Å². The Morgan fingerprint density at radius 3 is 2.81 bits per heavy atom. The van der Waals surface area contributed by atoms with Crippen LogP contribution in [0, 0.1) is 5.82 Å². The van der Waals surface area contributed by atoms with Crippen molar-refractivity contribution < 1.29 is 13.9 Å². The molecule has 2 N–H and O–H groups in total. The standard InChI is InChI=1S/C16H15BrFNO2/c1-20-14-4-2-9(17)6-12(14)16-8-13(19)11-7-10(18)3-5-15(11)21-16/h2-7,13,16H,8,19H2,1H3/t13-,16?/m1/s1. The van der Waals surface area contributed by atoms with Gasteiger partial charge in [0.15, 0.2) is 0 Å². The highest BCUT2D eigenvalue weighted by molar-refractivity contribution is 9.10. The van der Waals surface area contributed by atoms with Crippen LogP contribution in [0.25, 0.3) is 0 Å². The number of hydrogen-bond donors (Lipinski definition) is 1. The molecule has 2 atom stereocenters. The molecule has 5 heteroatoms. The summed E-state index contributed by atoms with van der Waals surface area (Å²) in [4.78, 5) is 0. The van der Waals surface area contributed by atoms with E-state index in [0.717, 1.165) is 15.8 Å². The maximum Gasteiger partial charge on any atom is 0.129 e. The predicted octanol–water partition coefficient (Wildman–Crippen LogP) is 4.12. The fraction of sp³-hybridized carbons (Fsp3) is 0.250. The van der Waals surface area contributed by atoms with E-state index in [0.29, 0.717) is 17.7 Å². The molecule has 0 saturated heterocycles. The Balaban J connectivity index is 1.99. The minimum atomic E-state index is -0.300. The van der Waals surface area contributed by atoms with Crippen LogP contribution in [0.1, 0.15) is 29.7 Å². The highest BCUT2D eigenvalue weighted by atomic mass is 79.9. The molecule has 1 aliphatic heterocycles. The number of halogens is 2. The fourth-order valence-electron chi connectivity index (χ4n) is 2.62. The maximum atomic E-state index is 13.3. The third-order valence-electron chi connectivity index (χ3n) is 3.65. The minimum absolute atomic E-state index is 0.217. The summed E-state index contributed by atoms with van der Waals surface area (Å²) in [5, 5.41) is 0. The lowest BCUT2D eigenvalue weighted by Gasteiger charge is -2.31. The topological polar surface area (TPSA) is 44.5 Å². The first kappa shape index (κ1) is 14.4. The Morgan fingerprint density at radius 1 is 1.24 bits per heavy atom. The molecule has 2 aromatic carbocycles. The van der Waals surface area contributed by atoms with Crippen LogP contribution >= 0.6 is 15.9 Å². The highest BCUT2D eigenvalue weighted by Crippen LogP contribution is 2.42. The Kier molecular flexibility index (Phi) is 3.87. The van der Waals surface area contributed by atoms with Gasteiger partial charge >= 0.3 is 0 Å². The van der Waals surface area contributed by atoms with Crippen molar-refractivity contribution in [3.8, 4) is 11.5 Å². The van der Waals surface area contributed by atoms with Crippen molar-refractivity contribution in [2.24, 2.45) is 5.73 Å². The molecule has 2 aromatic rings. The van der Waals surface area contributed by atoms with Crippen LogP contribution in [0.4, 0.5) is 4.39 Å². The molecule has 110 valence electrons. The molecular formula is C16H15BrFNO2. The van der Waals surface area contributed by atoms with Crippen molar-refractivity contribution in [3.63, 3.8) is 0 Å². The summed E-state index contributed by atoms with van der Waals surface area (Å²) in [5.41, 5.74) is 7.81. The third kappa shape index (κ3) is 2.76. The van der Waals surface area contributed by atoms with E-state index in [2.05, 4.69) is 15.9 Å². The van der Waals surface area contributed by atoms with E-state index in [9.17, 15) is 4.39 Å². The summed E-state index contributed by atoms with van der Waals surface area (Å²) in [5.74, 6) is 1.08. The molecule has 3 nitrogen and oxygen atoms in total. The van der Waals surface area contributed by atoms with Crippen molar-refractivity contribution in [2.45, 2.75) is 18.6 Å². The molecular weight excluding hydrogens is 337 g/mol. The number of hydrogen-bond acceptors (Lipinski definition) is 3. The summed E-state index contributed by atoms with van der Waals surface area (Å²) < 4.78 is 25.7. The van der Waals surface area contributed by atoms with Gasteiger partial charge in [-0.3, -0.25) is 0 Å². The Morgan fingerprint density at radius 2 is 2.05 bits per heavy atom. The van der Waals surface area contributed by atoms with E-state index in [-0.39, 0.29) is 18.0 Å². The van der Waals surface area contributed by atoms with E-state index in [4.69, 9.17) is 15.2 Å². The average molecular weight is 352 g/mol. The second kappa shape index (κ2) is 5.66. The third-order valence-corrected chi connectivity index (χ3v) is 4.14. The first-order valence-corrected chi connectivity index (χ1v) is 7.43. The first-order chi connectivity index (χ1) is 10.1. The van der Waals surface area contributed by atoms with Gasteiger partial charge in [0, 0.05) is 28.1 Å². The van der Waals surface area contributed by atoms with E-state index in [1.54, 1.807) is 13.2 Å². The molecule has 0 aliphatic carbocycles. The largest absolute Gasteiger partial charge is 0.496 e. The van der Waals surface area contributed by atoms with Gasteiger partial charge in [0.25, 0.3) is 0 Å². The van der Waals surface area contributed by atoms with E-state index in [1.165, 1.54) is 12.1 Å². The summed E-state index contributed by atoms with van der Waals surface area (Å²) in [6.45, 7) is 0. The first-order valence-electron chi connectivity index (χ1n) is 6.63. The summed E-state index contributed by atoms with van der Waals surface area (Å²) >= 11 is 3.46. The molecule has 0 saturated carbocycles. The summed E-state index contributed by atoms with van der Waals surface area (Å²) in [6.07, 6.45) is 0.355. The number of fused-ring (bicyclic) bond motifs is 1. The van der Waals surface area contributed by atoms with Crippen LogP contribution in [0.5, 0.6) is 11.5 Å². The number of nitrogens with two attached hydrogens (primary N) is 1. The zero-order chi connectivity index (χ0) is 15.0. The van der Waals surface area contributed by atoms with Crippen molar-refractivity contribution in [1.82, 2.24) is 0 Å². The van der Waals surface area contributed by atoms with Gasteiger partial charge in [-0.05, 0) is 36.4 Å². The van der Waals surface area contributed by atoms with Gasteiger partial charge in [-0.2, -0.15) is 0 Å². The van der Waals surface area contributed by atoms with Gasteiger partial charge in [-0.25, -0.2) is 4.39 Å². The summed E-state index contributed by atoms with van der Waals surface area (Å²) in [7, 11) is 1.62. The SMILES string of the molecule is COc1ccc(Br)cc1C1C[C@@H](N)c2cc(F)ccc2O1. The number of ether oxygens (including phenoxy) is 2. The molecule has 0 aromatic heterocycles. The molecule has 1 heterocycles. The molecule has 3 rings (SSSR count). The van der Waals surface area contributed by atoms with Crippen LogP contribution in [0.15, 0.2) is 40.9 Å². The van der Waals surface area contributed by atoms with Crippen LogP contribution < -0.4 is 15.2 Å². The van der Waals surface area contributed by atoms with Gasteiger partial charge in [0.1, 0.15) is 23.4 Å². The monoisotopic (exact) mass is 351 g/mol. The van der Waals surface area contributed by atoms with Crippen molar-refractivity contribution in [1.29, 1.82) is 0 Å².